The maximum atomic E-state index is 4.53. The van der Waals surface area contributed by atoms with Gasteiger partial charge in [0.25, 0.3) is 0 Å². The van der Waals surface area contributed by atoms with E-state index >= 15 is 0 Å². The predicted octanol–water partition coefficient (Wildman–Crippen LogP) is 3.73. The fourth-order valence-corrected chi connectivity index (χ4v) is 2.48. The number of halogens is 1. The molecule has 2 heterocycles. The van der Waals surface area contributed by atoms with Crippen LogP contribution in [-0.4, -0.2) is 21.3 Å². The molecule has 0 atom stereocenters. The number of nitrogens with zero attached hydrogens (tertiary/aromatic N) is 3. The van der Waals surface area contributed by atoms with Crippen LogP contribution < -0.4 is 5.32 Å². The fraction of sp³-hybridized carbons (Fsp3) is 0.500. The van der Waals surface area contributed by atoms with Crippen LogP contribution in [0.5, 0.6) is 0 Å². The largest absolute Gasteiger partial charge is 0.312 e. The molecule has 0 aliphatic rings. The van der Waals surface area contributed by atoms with E-state index in [2.05, 4.69) is 52.1 Å². The van der Waals surface area contributed by atoms with Gasteiger partial charge in [0.05, 0.1) is 11.9 Å². The Labute approximate surface area is 135 Å². The molecule has 0 radical (unpaired) electrons. The van der Waals surface area contributed by atoms with Crippen LogP contribution in [0.4, 0.5) is 0 Å². The Morgan fingerprint density at radius 3 is 2.71 bits per heavy atom. The van der Waals surface area contributed by atoms with Crippen LogP contribution in [0.2, 0.25) is 0 Å². The van der Waals surface area contributed by atoms with Crippen molar-refractivity contribution in [2.24, 2.45) is 5.92 Å². The normalized spacial score (nSPS) is 11.3. The molecule has 21 heavy (non-hydrogen) atoms. The van der Waals surface area contributed by atoms with Gasteiger partial charge in [0, 0.05) is 22.8 Å². The summed E-state index contributed by atoms with van der Waals surface area (Å²) in [5.74, 6) is 1.53. The van der Waals surface area contributed by atoms with Crippen molar-refractivity contribution in [3.8, 4) is 5.82 Å². The molecule has 2 rings (SSSR count). The van der Waals surface area contributed by atoms with Gasteiger partial charge in [-0.1, -0.05) is 27.2 Å². The Balaban J connectivity index is 2.21. The maximum absolute atomic E-state index is 4.53. The molecule has 4 nitrogen and oxygen atoms in total. The minimum absolute atomic E-state index is 0.655. The Morgan fingerprint density at radius 2 is 2.10 bits per heavy atom. The minimum Gasteiger partial charge on any atom is -0.312 e. The van der Waals surface area contributed by atoms with Crippen LogP contribution in [0.1, 0.15) is 38.4 Å². The van der Waals surface area contributed by atoms with Crippen LogP contribution in [0.3, 0.4) is 0 Å². The fourth-order valence-electron chi connectivity index (χ4n) is 2.24. The third-order valence-corrected chi connectivity index (χ3v) is 3.71. The quantitative estimate of drug-likeness (QED) is 0.827. The van der Waals surface area contributed by atoms with E-state index in [9.17, 15) is 0 Å². The Hall–Kier alpha value is -1.20. The van der Waals surface area contributed by atoms with Crippen molar-refractivity contribution < 1.29 is 0 Å². The molecule has 0 amide bonds. The Kier molecular flexibility index (Phi) is 5.94. The van der Waals surface area contributed by atoms with E-state index in [1.54, 1.807) is 0 Å². The molecule has 0 spiro atoms. The van der Waals surface area contributed by atoms with Gasteiger partial charge in [0.1, 0.15) is 0 Å². The zero-order valence-electron chi connectivity index (χ0n) is 12.9. The highest BCUT2D eigenvalue weighted by atomic mass is 79.9. The molecule has 0 saturated carbocycles. The van der Waals surface area contributed by atoms with E-state index in [1.165, 1.54) is 11.3 Å². The first-order valence-corrected chi connectivity index (χ1v) is 8.29. The lowest BCUT2D eigenvalue weighted by atomic mass is 10.1. The molecule has 1 N–H and O–H groups in total. The number of hydrogen-bond acceptors (Lipinski definition) is 3. The lowest BCUT2D eigenvalue weighted by Gasteiger charge is -2.10. The lowest BCUT2D eigenvalue weighted by Crippen LogP contribution is -2.19. The topological polar surface area (TPSA) is 42.7 Å². The maximum Gasteiger partial charge on any atom is 0.153 e. The van der Waals surface area contributed by atoms with Gasteiger partial charge in [0.2, 0.25) is 0 Å². The minimum atomic E-state index is 0.655. The van der Waals surface area contributed by atoms with Crippen molar-refractivity contribution in [1.82, 2.24) is 20.1 Å². The zero-order valence-corrected chi connectivity index (χ0v) is 14.5. The molecule has 0 fully saturated rings. The van der Waals surface area contributed by atoms with Crippen molar-refractivity contribution in [2.75, 3.05) is 6.54 Å². The van der Waals surface area contributed by atoms with Crippen molar-refractivity contribution in [1.29, 1.82) is 0 Å². The van der Waals surface area contributed by atoms with Crippen LogP contribution in [-0.2, 0) is 13.0 Å². The van der Waals surface area contributed by atoms with E-state index in [0.29, 0.717) is 5.92 Å². The first-order valence-electron chi connectivity index (χ1n) is 7.50. The lowest BCUT2D eigenvalue weighted by molar-refractivity contribution is 0.550. The molecule has 2 aromatic heterocycles. The molecule has 0 bridgehead atoms. The SMILES string of the molecule is CCCc1c(CNCC(C)C)cnn1-c1ccc(Br)cn1. The van der Waals surface area contributed by atoms with Crippen molar-refractivity contribution >= 4 is 15.9 Å². The van der Waals surface area contributed by atoms with Gasteiger partial charge >= 0.3 is 0 Å². The van der Waals surface area contributed by atoms with Crippen LogP contribution in [0.15, 0.2) is 29.0 Å². The summed E-state index contributed by atoms with van der Waals surface area (Å²) >= 11 is 3.42. The molecule has 0 saturated heterocycles. The molecule has 0 aliphatic heterocycles. The van der Waals surface area contributed by atoms with E-state index in [4.69, 9.17) is 0 Å². The molecular weight excluding hydrogens is 328 g/mol. The summed E-state index contributed by atoms with van der Waals surface area (Å²) in [5.41, 5.74) is 2.52. The Morgan fingerprint density at radius 1 is 1.29 bits per heavy atom. The van der Waals surface area contributed by atoms with E-state index < -0.39 is 0 Å². The third-order valence-electron chi connectivity index (χ3n) is 3.24. The van der Waals surface area contributed by atoms with Crippen molar-refractivity contribution in [3.63, 3.8) is 0 Å². The monoisotopic (exact) mass is 350 g/mol. The summed E-state index contributed by atoms with van der Waals surface area (Å²) in [5, 5.41) is 8.02. The second-order valence-electron chi connectivity index (χ2n) is 5.64. The summed E-state index contributed by atoms with van der Waals surface area (Å²) in [6, 6.07) is 3.98. The number of pyridine rings is 1. The van der Waals surface area contributed by atoms with Gasteiger partial charge in [-0.2, -0.15) is 5.10 Å². The van der Waals surface area contributed by atoms with E-state index in [-0.39, 0.29) is 0 Å². The summed E-state index contributed by atoms with van der Waals surface area (Å²) in [6.45, 7) is 8.51. The van der Waals surface area contributed by atoms with Crippen molar-refractivity contribution in [3.05, 3.63) is 40.3 Å². The number of rotatable bonds is 7. The number of nitrogens with one attached hydrogen (secondary N) is 1. The molecule has 0 aliphatic carbocycles. The van der Waals surface area contributed by atoms with Gasteiger partial charge in [0.15, 0.2) is 5.82 Å². The van der Waals surface area contributed by atoms with Gasteiger partial charge < -0.3 is 5.32 Å². The smallest absolute Gasteiger partial charge is 0.153 e. The van der Waals surface area contributed by atoms with Crippen LogP contribution in [0.25, 0.3) is 5.82 Å². The standard InChI is InChI=1S/C16H23BrN4/c1-4-5-15-13(9-18-8-12(2)3)10-20-21(15)16-7-6-14(17)11-19-16/h6-7,10-12,18H,4-5,8-9H2,1-3H3. The molecule has 5 heteroatoms. The zero-order chi connectivity index (χ0) is 15.2. The second kappa shape index (κ2) is 7.71. The summed E-state index contributed by atoms with van der Waals surface area (Å²) in [6.07, 6.45) is 5.88. The number of aromatic nitrogens is 3. The van der Waals surface area contributed by atoms with Gasteiger partial charge in [-0.05, 0) is 46.9 Å². The molecular formula is C16H23BrN4. The predicted molar refractivity (Wildman–Crippen MR) is 89.6 cm³/mol. The first kappa shape index (κ1) is 16.2. The highest BCUT2D eigenvalue weighted by molar-refractivity contribution is 9.10. The average Bonchev–Trinajstić information content (AvgIpc) is 2.83. The average molecular weight is 351 g/mol. The number of hydrogen-bond donors (Lipinski definition) is 1. The van der Waals surface area contributed by atoms with Crippen LogP contribution in [0, 0.1) is 5.92 Å². The van der Waals surface area contributed by atoms with Gasteiger partial charge in [-0.3, -0.25) is 0 Å². The van der Waals surface area contributed by atoms with Crippen molar-refractivity contribution in [2.45, 2.75) is 40.2 Å². The summed E-state index contributed by atoms with van der Waals surface area (Å²) in [4.78, 5) is 4.45. The Bertz CT molecular complexity index is 560. The highest BCUT2D eigenvalue weighted by Gasteiger charge is 2.12. The van der Waals surface area contributed by atoms with Gasteiger partial charge in [-0.25, -0.2) is 9.67 Å². The van der Waals surface area contributed by atoms with Crippen LogP contribution >= 0.6 is 15.9 Å². The third kappa shape index (κ3) is 4.38. The van der Waals surface area contributed by atoms with E-state index in [1.807, 2.05) is 29.2 Å². The second-order valence-corrected chi connectivity index (χ2v) is 6.55. The summed E-state index contributed by atoms with van der Waals surface area (Å²) in [7, 11) is 0. The molecule has 0 aromatic carbocycles. The van der Waals surface area contributed by atoms with E-state index in [0.717, 1.165) is 36.2 Å². The highest BCUT2D eigenvalue weighted by Crippen LogP contribution is 2.17. The molecule has 114 valence electrons. The summed E-state index contributed by atoms with van der Waals surface area (Å²) < 4.78 is 2.94. The van der Waals surface area contributed by atoms with Gasteiger partial charge in [-0.15, -0.1) is 0 Å². The molecule has 0 unspecified atom stereocenters. The molecule has 2 aromatic rings. The first-order chi connectivity index (χ1) is 10.1.